The molecule has 1 atom stereocenters. The fraction of sp³-hybridized carbons (Fsp3) is 0.583. The lowest BCUT2D eigenvalue weighted by Gasteiger charge is -2.13. The lowest BCUT2D eigenvalue weighted by molar-refractivity contribution is -0.141. The first-order valence-electron chi connectivity index (χ1n) is 5.96. The minimum Gasteiger partial charge on any atom is -0.481 e. The van der Waals surface area contributed by atoms with Gasteiger partial charge in [-0.25, -0.2) is 4.98 Å². The van der Waals surface area contributed by atoms with E-state index in [2.05, 4.69) is 4.98 Å². The topological polar surface area (TPSA) is 70.5 Å². The monoisotopic (exact) mass is 340 g/mol. The van der Waals surface area contributed by atoms with Crippen molar-refractivity contribution < 1.29 is 14.7 Å². The SMILES string of the molecule is CC(C)c1nc(C(=O)N2CCC(C(=O)O)C2)cs1.Cl.Cl. The van der Waals surface area contributed by atoms with Crippen LogP contribution in [0, 0.1) is 5.92 Å². The molecule has 5 nitrogen and oxygen atoms in total. The van der Waals surface area contributed by atoms with Gasteiger partial charge in [0.15, 0.2) is 0 Å². The molecule has 114 valence electrons. The molecular weight excluding hydrogens is 323 g/mol. The molecule has 1 saturated heterocycles. The highest BCUT2D eigenvalue weighted by Crippen LogP contribution is 2.22. The van der Waals surface area contributed by atoms with Crippen LogP contribution in [0.3, 0.4) is 0 Å². The molecule has 2 rings (SSSR count). The predicted molar refractivity (Wildman–Crippen MR) is 82.3 cm³/mol. The summed E-state index contributed by atoms with van der Waals surface area (Å²) in [6.45, 7) is 4.86. The molecule has 1 N–H and O–H groups in total. The van der Waals surface area contributed by atoms with Crippen molar-refractivity contribution in [1.29, 1.82) is 0 Å². The van der Waals surface area contributed by atoms with Crippen LogP contribution in [0.2, 0.25) is 0 Å². The van der Waals surface area contributed by atoms with Crippen LogP contribution in [0.4, 0.5) is 0 Å². The molecular formula is C12H18Cl2N2O3S. The number of likely N-dealkylation sites (tertiary alicyclic amines) is 1. The molecule has 1 aliphatic heterocycles. The average molecular weight is 341 g/mol. The second kappa shape index (κ2) is 7.81. The minimum absolute atomic E-state index is 0. The molecule has 0 radical (unpaired) electrons. The van der Waals surface area contributed by atoms with Gasteiger partial charge in [-0.15, -0.1) is 36.2 Å². The fourth-order valence-corrected chi connectivity index (χ4v) is 2.77. The highest BCUT2D eigenvalue weighted by atomic mass is 35.5. The van der Waals surface area contributed by atoms with Crippen LogP contribution < -0.4 is 0 Å². The van der Waals surface area contributed by atoms with Crippen LogP contribution in [0.15, 0.2) is 5.38 Å². The Morgan fingerprint density at radius 2 is 2.10 bits per heavy atom. The Kier molecular flexibility index (Phi) is 7.47. The van der Waals surface area contributed by atoms with Crippen molar-refractivity contribution in [2.45, 2.75) is 26.2 Å². The maximum Gasteiger partial charge on any atom is 0.308 e. The molecule has 0 bridgehead atoms. The highest BCUT2D eigenvalue weighted by molar-refractivity contribution is 7.09. The van der Waals surface area contributed by atoms with Crippen LogP contribution in [0.5, 0.6) is 0 Å². The summed E-state index contributed by atoms with van der Waals surface area (Å²) in [7, 11) is 0. The van der Waals surface area contributed by atoms with E-state index in [1.807, 2.05) is 13.8 Å². The number of amides is 1. The van der Waals surface area contributed by atoms with Gasteiger partial charge in [-0.1, -0.05) is 13.8 Å². The molecule has 1 aliphatic rings. The van der Waals surface area contributed by atoms with Gasteiger partial charge in [-0.2, -0.15) is 0 Å². The molecule has 1 amide bonds. The molecule has 1 aromatic rings. The summed E-state index contributed by atoms with van der Waals surface area (Å²) in [6, 6.07) is 0. The van der Waals surface area contributed by atoms with Gasteiger partial charge in [0.05, 0.1) is 10.9 Å². The van der Waals surface area contributed by atoms with E-state index < -0.39 is 11.9 Å². The molecule has 0 saturated carbocycles. The molecule has 0 spiro atoms. The predicted octanol–water partition coefficient (Wildman–Crippen LogP) is 2.66. The van der Waals surface area contributed by atoms with Gasteiger partial charge >= 0.3 is 5.97 Å². The molecule has 0 aliphatic carbocycles. The average Bonchev–Trinajstić information content (AvgIpc) is 2.97. The van der Waals surface area contributed by atoms with Crippen molar-refractivity contribution in [2.24, 2.45) is 5.92 Å². The largest absolute Gasteiger partial charge is 0.481 e. The maximum atomic E-state index is 12.1. The smallest absolute Gasteiger partial charge is 0.308 e. The third-order valence-electron chi connectivity index (χ3n) is 3.06. The zero-order valence-corrected chi connectivity index (χ0v) is 13.7. The van der Waals surface area contributed by atoms with Crippen molar-refractivity contribution in [3.63, 3.8) is 0 Å². The van der Waals surface area contributed by atoms with Gasteiger partial charge in [0.2, 0.25) is 0 Å². The van der Waals surface area contributed by atoms with Crippen LogP contribution >= 0.6 is 36.2 Å². The molecule has 1 unspecified atom stereocenters. The number of aliphatic carboxylic acids is 1. The highest BCUT2D eigenvalue weighted by Gasteiger charge is 2.32. The molecule has 2 heterocycles. The van der Waals surface area contributed by atoms with Crippen molar-refractivity contribution >= 4 is 48.0 Å². The van der Waals surface area contributed by atoms with Crippen LogP contribution in [0.25, 0.3) is 0 Å². The van der Waals surface area contributed by atoms with Crippen molar-refractivity contribution in [1.82, 2.24) is 9.88 Å². The number of carbonyl (C=O) groups excluding carboxylic acids is 1. The number of nitrogens with zero attached hydrogens (tertiary/aromatic N) is 2. The van der Waals surface area contributed by atoms with E-state index in [4.69, 9.17) is 5.11 Å². The summed E-state index contributed by atoms with van der Waals surface area (Å²) in [5.74, 6) is -1.10. The van der Waals surface area contributed by atoms with Gasteiger partial charge in [-0.05, 0) is 6.42 Å². The fourth-order valence-electron chi connectivity index (χ4n) is 1.96. The van der Waals surface area contributed by atoms with Crippen LogP contribution in [-0.4, -0.2) is 40.0 Å². The van der Waals surface area contributed by atoms with Crippen molar-refractivity contribution in [3.05, 3.63) is 16.1 Å². The zero-order valence-electron chi connectivity index (χ0n) is 11.2. The first-order valence-corrected chi connectivity index (χ1v) is 6.84. The number of carbonyl (C=O) groups is 2. The lowest BCUT2D eigenvalue weighted by Crippen LogP contribution is -2.30. The third-order valence-corrected chi connectivity index (χ3v) is 4.20. The van der Waals surface area contributed by atoms with Crippen LogP contribution in [0.1, 0.15) is 41.7 Å². The number of carboxylic acids is 1. The van der Waals surface area contributed by atoms with E-state index in [0.717, 1.165) is 5.01 Å². The number of hydrogen-bond acceptors (Lipinski definition) is 4. The second-order valence-electron chi connectivity index (χ2n) is 4.80. The summed E-state index contributed by atoms with van der Waals surface area (Å²) in [6.07, 6.45) is 0.530. The molecule has 20 heavy (non-hydrogen) atoms. The summed E-state index contributed by atoms with van der Waals surface area (Å²) >= 11 is 1.48. The molecule has 0 aromatic carbocycles. The first-order chi connectivity index (χ1) is 8.49. The Labute approximate surface area is 134 Å². The minimum atomic E-state index is -0.827. The van der Waals surface area contributed by atoms with E-state index in [9.17, 15) is 9.59 Å². The lowest BCUT2D eigenvalue weighted by atomic mass is 10.1. The summed E-state index contributed by atoms with van der Waals surface area (Å²) in [5.41, 5.74) is 0.440. The molecule has 1 fully saturated rings. The summed E-state index contributed by atoms with van der Waals surface area (Å²) in [4.78, 5) is 28.9. The van der Waals surface area contributed by atoms with Gasteiger partial charge < -0.3 is 10.0 Å². The normalized spacial score (nSPS) is 17.6. The molecule has 1 aromatic heterocycles. The summed E-state index contributed by atoms with van der Waals surface area (Å²) in [5, 5.41) is 11.6. The number of thiazole rings is 1. The summed E-state index contributed by atoms with van der Waals surface area (Å²) < 4.78 is 0. The number of hydrogen-bond donors (Lipinski definition) is 1. The van der Waals surface area contributed by atoms with Crippen LogP contribution in [-0.2, 0) is 4.79 Å². The molecule has 8 heteroatoms. The Morgan fingerprint density at radius 3 is 2.55 bits per heavy atom. The number of halogens is 2. The number of carboxylic acid groups (broad SMARTS) is 1. The zero-order chi connectivity index (χ0) is 13.3. The van der Waals surface area contributed by atoms with E-state index in [-0.39, 0.29) is 30.7 Å². The Morgan fingerprint density at radius 1 is 1.45 bits per heavy atom. The van der Waals surface area contributed by atoms with E-state index in [1.54, 1.807) is 10.3 Å². The van der Waals surface area contributed by atoms with Gasteiger partial charge in [-0.3, -0.25) is 9.59 Å². The third kappa shape index (κ3) is 4.07. The van der Waals surface area contributed by atoms with E-state index >= 15 is 0 Å². The first kappa shape index (κ1) is 19.1. The Hall–Kier alpha value is -0.850. The number of aromatic nitrogens is 1. The second-order valence-corrected chi connectivity index (χ2v) is 5.69. The van der Waals surface area contributed by atoms with Gasteiger partial charge in [0, 0.05) is 24.4 Å². The standard InChI is InChI=1S/C12H16N2O3S.2ClH/c1-7(2)10-13-9(6-18-10)11(15)14-4-3-8(5-14)12(16)17;;/h6-8H,3-5H2,1-2H3,(H,16,17);2*1H. The Bertz CT molecular complexity index is 479. The van der Waals surface area contributed by atoms with Gasteiger partial charge in [0.1, 0.15) is 5.69 Å². The number of rotatable bonds is 3. The van der Waals surface area contributed by atoms with E-state index in [1.165, 1.54) is 11.3 Å². The van der Waals surface area contributed by atoms with Crippen molar-refractivity contribution in [2.75, 3.05) is 13.1 Å². The Balaban J connectivity index is 0.00000180. The van der Waals surface area contributed by atoms with Crippen molar-refractivity contribution in [3.8, 4) is 0 Å². The van der Waals surface area contributed by atoms with E-state index in [0.29, 0.717) is 31.1 Å². The van der Waals surface area contributed by atoms with Gasteiger partial charge in [0.25, 0.3) is 5.91 Å². The maximum absolute atomic E-state index is 12.1. The quantitative estimate of drug-likeness (QED) is 0.918.